The molecule has 0 bridgehead atoms. The molecule has 0 saturated heterocycles. The van der Waals surface area contributed by atoms with Crippen LogP contribution in [0.25, 0.3) is 11.5 Å². The highest BCUT2D eigenvalue weighted by Crippen LogP contribution is 2.21. The van der Waals surface area contributed by atoms with Gasteiger partial charge in [-0.2, -0.15) is 0 Å². The highest BCUT2D eigenvalue weighted by molar-refractivity contribution is 5.92. The summed E-state index contributed by atoms with van der Waals surface area (Å²) in [6, 6.07) is 12.6. The topological polar surface area (TPSA) is 77.5 Å². The second-order valence-corrected chi connectivity index (χ2v) is 4.78. The van der Waals surface area contributed by atoms with Gasteiger partial charge in [-0.25, -0.2) is 0 Å². The molecule has 0 aliphatic rings. The molecule has 0 aliphatic carbocycles. The summed E-state index contributed by atoms with van der Waals surface area (Å²) in [4.78, 5) is 12.2. The lowest BCUT2D eigenvalue weighted by molar-refractivity contribution is 0.0941. The molecule has 0 saturated carbocycles. The van der Waals surface area contributed by atoms with E-state index in [1.165, 1.54) is 6.26 Å². The third-order valence-corrected chi connectivity index (χ3v) is 3.22. The number of carbonyl (C=O) groups excluding carboxylic acids is 1. The van der Waals surface area contributed by atoms with Crippen molar-refractivity contribution in [3.8, 4) is 17.3 Å². The maximum atomic E-state index is 12.2. The fourth-order valence-corrected chi connectivity index (χ4v) is 2.13. The number of furan rings is 1. The van der Waals surface area contributed by atoms with Gasteiger partial charge in [0.05, 0.1) is 12.9 Å². The normalized spacial score (nSPS) is 10.5. The average molecular weight is 312 g/mol. The van der Waals surface area contributed by atoms with E-state index < -0.39 is 0 Å². The zero-order chi connectivity index (χ0) is 16.1. The highest BCUT2D eigenvalue weighted by atomic mass is 16.5. The maximum Gasteiger partial charge on any atom is 0.273 e. The van der Waals surface area contributed by atoms with E-state index in [0.717, 1.165) is 11.3 Å². The van der Waals surface area contributed by atoms with Crippen molar-refractivity contribution in [2.75, 3.05) is 6.61 Å². The zero-order valence-corrected chi connectivity index (χ0v) is 12.6. The van der Waals surface area contributed by atoms with Gasteiger partial charge in [0.25, 0.3) is 5.91 Å². The molecular weight excluding hydrogens is 296 g/mol. The molecule has 6 nitrogen and oxygen atoms in total. The zero-order valence-electron chi connectivity index (χ0n) is 12.6. The van der Waals surface area contributed by atoms with Crippen LogP contribution in [0.3, 0.4) is 0 Å². The lowest BCUT2D eigenvalue weighted by Gasteiger charge is -2.10. The van der Waals surface area contributed by atoms with Gasteiger partial charge < -0.3 is 19.0 Å². The van der Waals surface area contributed by atoms with Crippen LogP contribution < -0.4 is 10.1 Å². The molecule has 0 unspecified atom stereocenters. The van der Waals surface area contributed by atoms with Gasteiger partial charge in [0, 0.05) is 18.2 Å². The van der Waals surface area contributed by atoms with Crippen LogP contribution >= 0.6 is 0 Å². The minimum absolute atomic E-state index is 0.199. The van der Waals surface area contributed by atoms with Crippen molar-refractivity contribution in [2.24, 2.45) is 0 Å². The molecule has 1 N–H and O–H groups in total. The first kappa shape index (κ1) is 14.9. The number of aromatic nitrogens is 1. The number of nitrogens with one attached hydrogen (secondary N) is 1. The van der Waals surface area contributed by atoms with Gasteiger partial charge in [-0.15, -0.1) is 0 Å². The first-order valence-electron chi connectivity index (χ1n) is 7.27. The Balaban J connectivity index is 1.66. The number of para-hydroxylation sites is 1. The third kappa shape index (κ3) is 3.42. The standard InChI is InChI=1S/C17H16N2O4/c1-2-21-14-7-4-3-6-12(14)11-18-17(20)13-10-16(23-19-13)15-8-5-9-22-15/h3-10H,2,11H2,1H3,(H,18,20). The first-order valence-corrected chi connectivity index (χ1v) is 7.27. The summed E-state index contributed by atoms with van der Waals surface area (Å²) in [5, 5.41) is 6.57. The average Bonchev–Trinajstić information content (AvgIpc) is 3.25. The van der Waals surface area contributed by atoms with E-state index in [1.807, 2.05) is 31.2 Å². The van der Waals surface area contributed by atoms with Gasteiger partial charge in [-0.3, -0.25) is 4.79 Å². The summed E-state index contributed by atoms with van der Waals surface area (Å²) in [5.74, 6) is 1.37. The highest BCUT2D eigenvalue weighted by Gasteiger charge is 2.15. The Kier molecular flexibility index (Phi) is 4.42. The second kappa shape index (κ2) is 6.83. The van der Waals surface area contributed by atoms with Crippen LogP contribution in [-0.4, -0.2) is 17.7 Å². The van der Waals surface area contributed by atoms with Crippen LogP contribution in [0.1, 0.15) is 23.0 Å². The molecule has 6 heteroatoms. The number of nitrogens with zero attached hydrogens (tertiary/aromatic N) is 1. The Hall–Kier alpha value is -3.02. The van der Waals surface area contributed by atoms with Gasteiger partial charge in [-0.1, -0.05) is 23.4 Å². The predicted octanol–water partition coefficient (Wildman–Crippen LogP) is 3.26. The number of ether oxygens (including phenoxy) is 1. The number of hydrogen-bond acceptors (Lipinski definition) is 5. The smallest absolute Gasteiger partial charge is 0.273 e. The van der Waals surface area contributed by atoms with Gasteiger partial charge in [0.15, 0.2) is 11.5 Å². The van der Waals surface area contributed by atoms with Gasteiger partial charge in [-0.05, 0) is 25.1 Å². The summed E-state index contributed by atoms with van der Waals surface area (Å²) in [5.41, 5.74) is 1.10. The van der Waals surface area contributed by atoms with E-state index in [2.05, 4.69) is 10.5 Å². The third-order valence-electron chi connectivity index (χ3n) is 3.22. The Morgan fingerprint density at radius 3 is 2.87 bits per heavy atom. The summed E-state index contributed by atoms with van der Waals surface area (Å²) in [7, 11) is 0. The lowest BCUT2D eigenvalue weighted by Crippen LogP contribution is -2.23. The van der Waals surface area contributed by atoms with E-state index in [0.29, 0.717) is 24.7 Å². The predicted molar refractivity (Wildman–Crippen MR) is 83.0 cm³/mol. The van der Waals surface area contributed by atoms with Crippen LogP contribution in [-0.2, 0) is 6.54 Å². The second-order valence-electron chi connectivity index (χ2n) is 4.78. The Labute approximate surface area is 133 Å². The molecule has 3 aromatic rings. The van der Waals surface area contributed by atoms with Crippen LogP contribution in [0.15, 0.2) is 57.7 Å². The molecule has 1 aromatic carbocycles. The number of amides is 1. The molecule has 2 aromatic heterocycles. The molecule has 23 heavy (non-hydrogen) atoms. The molecule has 0 atom stereocenters. The van der Waals surface area contributed by atoms with Gasteiger partial charge in [0.2, 0.25) is 5.76 Å². The van der Waals surface area contributed by atoms with Gasteiger partial charge in [0.1, 0.15) is 5.75 Å². The van der Waals surface area contributed by atoms with Crippen molar-refractivity contribution in [3.05, 3.63) is 60.0 Å². The van der Waals surface area contributed by atoms with Crippen molar-refractivity contribution in [1.29, 1.82) is 0 Å². The number of hydrogen-bond donors (Lipinski definition) is 1. The Morgan fingerprint density at radius 1 is 1.22 bits per heavy atom. The fourth-order valence-electron chi connectivity index (χ4n) is 2.13. The van der Waals surface area contributed by atoms with E-state index in [-0.39, 0.29) is 11.6 Å². The molecule has 1 amide bonds. The molecule has 0 spiro atoms. The SMILES string of the molecule is CCOc1ccccc1CNC(=O)c1cc(-c2ccco2)on1. The van der Waals surface area contributed by atoms with Crippen LogP contribution in [0.2, 0.25) is 0 Å². The van der Waals surface area contributed by atoms with Crippen LogP contribution in [0.4, 0.5) is 0 Å². The first-order chi connectivity index (χ1) is 11.3. The fraction of sp³-hybridized carbons (Fsp3) is 0.176. The van der Waals surface area contributed by atoms with Crippen molar-refractivity contribution >= 4 is 5.91 Å². The largest absolute Gasteiger partial charge is 0.494 e. The molecule has 3 rings (SSSR count). The molecule has 0 radical (unpaired) electrons. The van der Waals surface area contributed by atoms with Gasteiger partial charge >= 0.3 is 0 Å². The molecule has 0 aliphatic heterocycles. The molecule has 2 heterocycles. The minimum Gasteiger partial charge on any atom is -0.494 e. The minimum atomic E-state index is -0.321. The van der Waals surface area contributed by atoms with E-state index >= 15 is 0 Å². The molecule has 0 fully saturated rings. The van der Waals surface area contributed by atoms with Crippen molar-refractivity contribution in [3.63, 3.8) is 0 Å². The van der Waals surface area contributed by atoms with E-state index in [1.54, 1.807) is 18.2 Å². The quantitative estimate of drug-likeness (QED) is 0.756. The van der Waals surface area contributed by atoms with E-state index in [4.69, 9.17) is 13.7 Å². The monoisotopic (exact) mass is 312 g/mol. The van der Waals surface area contributed by atoms with E-state index in [9.17, 15) is 4.79 Å². The summed E-state index contributed by atoms with van der Waals surface area (Å²) in [6.07, 6.45) is 1.53. The van der Waals surface area contributed by atoms with Crippen LogP contribution in [0.5, 0.6) is 5.75 Å². The maximum absolute atomic E-state index is 12.2. The molecule has 118 valence electrons. The van der Waals surface area contributed by atoms with Crippen molar-refractivity contribution in [1.82, 2.24) is 10.5 Å². The Bertz CT molecular complexity index is 778. The van der Waals surface area contributed by atoms with Crippen molar-refractivity contribution < 1.29 is 18.5 Å². The van der Waals surface area contributed by atoms with Crippen LogP contribution in [0, 0.1) is 0 Å². The number of rotatable bonds is 6. The van der Waals surface area contributed by atoms with Crippen molar-refractivity contribution in [2.45, 2.75) is 13.5 Å². The number of carbonyl (C=O) groups is 1. The molecular formula is C17H16N2O4. The Morgan fingerprint density at radius 2 is 2.09 bits per heavy atom. The summed E-state index contributed by atoms with van der Waals surface area (Å²) >= 11 is 0. The number of benzene rings is 1. The summed E-state index contributed by atoms with van der Waals surface area (Å²) in [6.45, 7) is 2.83. The lowest BCUT2D eigenvalue weighted by atomic mass is 10.2. The summed E-state index contributed by atoms with van der Waals surface area (Å²) < 4.78 is 15.8.